The smallest absolute Gasteiger partial charge is 0.256 e. The number of halogens is 1. The summed E-state index contributed by atoms with van der Waals surface area (Å²) in [5.41, 5.74) is 11.1. The van der Waals surface area contributed by atoms with Gasteiger partial charge in [0.15, 0.2) is 11.8 Å². The van der Waals surface area contributed by atoms with Crippen LogP contribution in [0.3, 0.4) is 0 Å². The molecule has 110 valence electrons. The standard InChI is InChI=1S/C14H11ClN6O/c15-8-4-5-10-9(7-8)12(19-14(18-10)20-13(16)17)21-6-2-1-3-11(21)22/h1-7H,(H4,16,17,18,19,20). The van der Waals surface area contributed by atoms with Crippen molar-refractivity contribution in [3.05, 3.63) is 58.0 Å². The molecule has 0 bridgehead atoms. The number of pyridine rings is 1. The van der Waals surface area contributed by atoms with Crippen LogP contribution in [0.5, 0.6) is 0 Å². The number of aliphatic imine (C=N–C) groups is 1. The Balaban J connectivity index is 2.40. The monoisotopic (exact) mass is 314 g/mol. The van der Waals surface area contributed by atoms with E-state index in [4.69, 9.17) is 23.1 Å². The SMILES string of the molecule is NC(N)=Nc1nc(-n2ccccc2=O)c2cc(Cl)ccc2n1. The number of nitrogens with zero attached hydrogens (tertiary/aromatic N) is 4. The second-order valence-electron chi connectivity index (χ2n) is 4.45. The predicted octanol–water partition coefficient (Wildman–Crippen LogP) is 1.34. The fourth-order valence-electron chi connectivity index (χ4n) is 2.02. The molecule has 0 aliphatic carbocycles. The highest BCUT2D eigenvalue weighted by molar-refractivity contribution is 6.31. The van der Waals surface area contributed by atoms with Crippen LogP contribution in [-0.2, 0) is 0 Å². The first-order valence-electron chi connectivity index (χ1n) is 6.29. The van der Waals surface area contributed by atoms with E-state index in [-0.39, 0.29) is 17.5 Å². The van der Waals surface area contributed by atoms with Crippen LogP contribution in [-0.4, -0.2) is 20.5 Å². The van der Waals surface area contributed by atoms with Gasteiger partial charge in [0, 0.05) is 22.7 Å². The summed E-state index contributed by atoms with van der Waals surface area (Å²) in [6.07, 6.45) is 1.60. The zero-order valence-corrected chi connectivity index (χ0v) is 12.0. The van der Waals surface area contributed by atoms with Crippen molar-refractivity contribution >= 4 is 34.4 Å². The van der Waals surface area contributed by atoms with E-state index in [2.05, 4.69) is 15.0 Å². The molecule has 0 saturated heterocycles. The Labute approximate surface area is 129 Å². The second-order valence-corrected chi connectivity index (χ2v) is 4.89. The molecule has 2 aromatic heterocycles. The Kier molecular flexibility index (Phi) is 3.48. The molecule has 0 fully saturated rings. The zero-order valence-electron chi connectivity index (χ0n) is 11.3. The van der Waals surface area contributed by atoms with E-state index in [0.29, 0.717) is 21.7 Å². The molecule has 0 radical (unpaired) electrons. The molecule has 0 aliphatic heterocycles. The lowest BCUT2D eigenvalue weighted by Crippen LogP contribution is -2.22. The quantitative estimate of drug-likeness (QED) is 0.547. The minimum absolute atomic E-state index is 0.0700. The Morgan fingerprint density at radius 1 is 1.18 bits per heavy atom. The lowest BCUT2D eigenvalue weighted by molar-refractivity contribution is 0.942. The van der Waals surface area contributed by atoms with Gasteiger partial charge in [-0.05, 0) is 24.3 Å². The van der Waals surface area contributed by atoms with E-state index >= 15 is 0 Å². The lowest BCUT2D eigenvalue weighted by atomic mass is 10.2. The van der Waals surface area contributed by atoms with E-state index in [0.717, 1.165) is 0 Å². The maximum absolute atomic E-state index is 12.1. The van der Waals surface area contributed by atoms with Gasteiger partial charge in [-0.25, -0.2) is 4.98 Å². The van der Waals surface area contributed by atoms with Crippen molar-refractivity contribution in [2.24, 2.45) is 16.5 Å². The van der Waals surface area contributed by atoms with Crippen LogP contribution in [0.4, 0.5) is 5.95 Å². The fraction of sp³-hybridized carbons (Fsp3) is 0. The van der Waals surface area contributed by atoms with Crippen molar-refractivity contribution in [1.29, 1.82) is 0 Å². The van der Waals surface area contributed by atoms with Crippen LogP contribution >= 0.6 is 11.6 Å². The minimum atomic E-state index is -0.238. The van der Waals surface area contributed by atoms with Gasteiger partial charge in [0.1, 0.15) is 0 Å². The van der Waals surface area contributed by atoms with Crippen LogP contribution in [0, 0.1) is 0 Å². The summed E-state index contributed by atoms with van der Waals surface area (Å²) in [5, 5.41) is 1.13. The Hall–Kier alpha value is -2.93. The van der Waals surface area contributed by atoms with Gasteiger partial charge in [-0.1, -0.05) is 17.7 Å². The third-order valence-electron chi connectivity index (χ3n) is 2.91. The zero-order chi connectivity index (χ0) is 15.7. The van der Waals surface area contributed by atoms with E-state index in [9.17, 15) is 4.79 Å². The van der Waals surface area contributed by atoms with Crippen LogP contribution in [0.2, 0.25) is 5.02 Å². The van der Waals surface area contributed by atoms with Crippen molar-refractivity contribution < 1.29 is 0 Å². The summed E-state index contributed by atoms with van der Waals surface area (Å²) in [5.74, 6) is 0.262. The molecule has 4 N–H and O–H groups in total. The van der Waals surface area contributed by atoms with E-state index in [1.807, 2.05) is 0 Å². The molecule has 0 aliphatic rings. The molecule has 2 heterocycles. The summed E-state index contributed by atoms with van der Waals surface area (Å²) in [4.78, 5) is 24.4. The van der Waals surface area contributed by atoms with Crippen molar-refractivity contribution in [3.8, 4) is 5.82 Å². The van der Waals surface area contributed by atoms with Crippen LogP contribution in [0.1, 0.15) is 0 Å². The minimum Gasteiger partial charge on any atom is -0.370 e. The molecule has 1 aromatic carbocycles. The third kappa shape index (κ3) is 2.61. The van der Waals surface area contributed by atoms with E-state index < -0.39 is 0 Å². The highest BCUT2D eigenvalue weighted by atomic mass is 35.5. The molecular formula is C14H11ClN6O. The van der Waals surface area contributed by atoms with Crippen molar-refractivity contribution in [2.75, 3.05) is 0 Å². The average molecular weight is 315 g/mol. The maximum Gasteiger partial charge on any atom is 0.256 e. The number of fused-ring (bicyclic) bond motifs is 1. The first-order valence-corrected chi connectivity index (χ1v) is 6.67. The molecule has 0 saturated carbocycles. The molecule has 8 heteroatoms. The summed E-state index contributed by atoms with van der Waals surface area (Å²) in [7, 11) is 0. The van der Waals surface area contributed by atoms with E-state index in [1.54, 1.807) is 36.5 Å². The largest absolute Gasteiger partial charge is 0.370 e. The summed E-state index contributed by atoms with van der Waals surface area (Å²) in [6.45, 7) is 0. The topological polar surface area (TPSA) is 112 Å². The highest BCUT2D eigenvalue weighted by Crippen LogP contribution is 2.24. The second kappa shape index (κ2) is 5.45. The molecule has 3 rings (SSSR count). The van der Waals surface area contributed by atoms with Gasteiger partial charge in [-0.3, -0.25) is 9.36 Å². The summed E-state index contributed by atoms with van der Waals surface area (Å²) in [6, 6.07) is 9.88. The Bertz CT molecular complexity index is 945. The summed E-state index contributed by atoms with van der Waals surface area (Å²) < 4.78 is 1.38. The van der Waals surface area contributed by atoms with Crippen molar-refractivity contribution in [3.63, 3.8) is 0 Å². The molecule has 3 aromatic rings. The molecule has 0 spiro atoms. The number of hydrogen-bond acceptors (Lipinski definition) is 4. The molecule has 0 unspecified atom stereocenters. The van der Waals surface area contributed by atoms with Gasteiger partial charge in [-0.2, -0.15) is 9.98 Å². The van der Waals surface area contributed by atoms with Gasteiger partial charge in [-0.15, -0.1) is 0 Å². The van der Waals surface area contributed by atoms with Gasteiger partial charge in [0.25, 0.3) is 11.5 Å². The number of nitrogens with two attached hydrogens (primary N) is 2. The van der Waals surface area contributed by atoms with Crippen LogP contribution in [0.15, 0.2) is 52.4 Å². The normalized spacial score (nSPS) is 10.6. The lowest BCUT2D eigenvalue weighted by Gasteiger charge is -2.09. The van der Waals surface area contributed by atoms with Crippen molar-refractivity contribution in [1.82, 2.24) is 14.5 Å². The first kappa shape index (κ1) is 14.0. The van der Waals surface area contributed by atoms with Crippen LogP contribution in [0.25, 0.3) is 16.7 Å². The summed E-state index contributed by atoms with van der Waals surface area (Å²) >= 11 is 6.03. The third-order valence-corrected chi connectivity index (χ3v) is 3.14. The Morgan fingerprint density at radius 2 is 2.00 bits per heavy atom. The number of guanidine groups is 1. The van der Waals surface area contributed by atoms with Gasteiger partial charge < -0.3 is 11.5 Å². The van der Waals surface area contributed by atoms with Gasteiger partial charge >= 0.3 is 0 Å². The molecule has 0 atom stereocenters. The number of hydrogen-bond donors (Lipinski definition) is 2. The molecular weight excluding hydrogens is 304 g/mol. The molecule has 7 nitrogen and oxygen atoms in total. The number of aromatic nitrogens is 3. The number of rotatable bonds is 2. The highest BCUT2D eigenvalue weighted by Gasteiger charge is 2.11. The number of benzene rings is 1. The van der Waals surface area contributed by atoms with Crippen LogP contribution < -0.4 is 17.0 Å². The Morgan fingerprint density at radius 3 is 2.73 bits per heavy atom. The molecule has 0 amide bonds. The molecule has 22 heavy (non-hydrogen) atoms. The van der Waals surface area contributed by atoms with Gasteiger partial charge in [0.2, 0.25) is 0 Å². The van der Waals surface area contributed by atoms with Gasteiger partial charge in [0.05, 0.1) is 5.52 Å². The average Bonchev–Trinajstić information content (AvgIpc) is 2.47. The maximum atomic E-state index is 12.1. The predicted molar refractivity (Wildman–Crippen MR) is 85.6 cm³/mol. The van der Waals surface area contributed by atoms with Crippen molar-refractivity contribution in [2.45, 2.75) is 0 Å². The first-order chi connectivity index (χ1) is 10.5. The van der Waals surface area contributed by atoms with E-state index in [1.165, 1.54) is 10.6 Å². The fourth-order valence-corrected chi connectivity index (χ4v) is 2.20.